The first kappa shape index (κ1) is 24.5. The Hall–Kier alpha value is -6.14. The van der Waals surface area contributed by atoms with E-state index in [4.69, 9.17) is 20.4 Å². The minimum Gasteiger partial charge on any atom is -0.309 e. The minimum atomic E-state index is 0.555. The Kier molecular flexibility index (Phi) is 5.25. The lowest BCUT2D eigenvalue weighted by Gasteiger charge is -2.05. The number of hydrogen-bond donors (Lipinski definition) is 1. The zero-order valence-electron chi connectivity index (χ0n) is 23.5. The highest BCUT2D eigenvalue weighted by Crippen LogP contribution is 2.37. The average molecular weight is 565 g/mol. The van der Waals surface area contributed by atoms with Gasteiger partial charge >= 0.3 is 0 Å². The van der Waals surface area contributed by atoms with Gasteiger partial charge in [0, 0.05) is 44.1 Å². The largest absolute Gasteiger partial charge is 0.309 e. The molecule has 0 aliphatic heterocycles. The zero-order valence-corrected chi connectivity index (χ0v) is 23.5. The van der Waals surface area contributed by atoms with Crippen LogP contribution in [0.15, 0.2) is 127 Å². The maximum atomic E-state index is 8.10. The summed E-state index contributed by atoms with van der Waals surface area (Å²) in [5.74, 6) is 1.17. The third kappa shape index (κ3) is 3.55. The van der Waals surface area contributed by atoms with Crippen LogP contribution in [0.25, 0.3) is 83.3 Å². The lowest BCUT2D eigenvalue weighted by atomic mass is 10.1. The van der Waals surface area contributed by atoms with Crippen molar-refractivity contribution in [1.82, 2.24) is 23.8 Å². The second-order valence-electron chi connectivity index (χ2n) is 10.9. The van der Waals surface area contributed by atoms with E-state index in [-0.39, 0.29) is 0 Å². The maximum Gasteiger partial charge on any atom is 0.238 e. The van der Waals surface area contributed by atoms with E-state index in [1.807, 2.05) is 48.5 Å². The number of nitrogens with one attached hydrogen (secondary N) is 1. The van der Waals surface area contributed by atoms with E-state index >= 15 is 0 Å². The number of fused-ring (bicyclic) bond motifs is 12. The van der Waals surface area contributed by atoms with Gasteiger partial charge in [-0.15, -0.1) is 0 Å². The van der Waals surface area contributed by atoms with Crippen LogP contribution in [-0.2, 0) is 0 Å². The second kappa shape index (κ2) is 9.44. The molecule has 4 aromatic heterocycles. The monoisotopic (exact) mass is 564 g/mol. The molecular formula is C38H24N6. The number of aromatic nitrogens is 5. The molecule has 4 heterocycles. The molecule has 6 nitrogen and oxygen atoms in total. The van der Waals surface area contributed by atoms with Crippen molar-refractivity contribution < 1.29 is 0 Å². The number of rotatable bonds is 2. The zero-order chi connectivity index (χ0) is 29.2. The van der Waals surface area contributed by atoms with Gasteiger partial charge in [0.15, 0.2) is 11.5 Å². The van der Waals surface area contributed by atoms with Gasteiger partial charge in [0.1, 0.15) is 0 Å². The molecule has 0 unspecified atom stereocenters. The highest BCUT2D eigenvalue weighted by atomic mass is 15.1. The van der Waals surface area contributed by atoms with E-state index in [1.54, 1.807) is 0 Å². The molecule has 0 amide bonds. The molecule has 0 aliphatic rings. The first-order chi connectivity index (χ1) is 21.8. The van der Waals surface area contributed by atoms with Crippen LogP contribution in [-0.4, -0.2) is 30.0 Å². The lowest BCUT2D eigenvalue weighted by Crippen LogP contribution is -2.11. The van der Waals surface area contributed by atoms with Crippen molar-refractivity contribution in [2.75, 3.05) is 0 Å². The SMILES string of the molecule is N=C/C=c1\ccc2cccc(c2)c2nc(-c3ccccc3)nc(n2)n2c3ccccc3c3ccc4c5ccccc5n1c4c32. The Morgan fingerprint density at radius 1 is 0.545 bits per heavy atom. The van der Waals surface area contributed by atoms with Gasteiger partial charge in [0.25, 0.3) is 0 Å². The van der Waals surface area contributed by atoms with Crippen molar-refractivity contribution in [3.8, 4) is 11.4 Å². The molecule has 1 N–H and O–H groups in total. The van der Waals surface area contributed by atoms with Crippen LogP contribution in [0.4, 0.5) is 0 Å². The van der Waals surface area contributed by atoms with Gasteiger partial charge in [-0.2, -0.15) is 9.97 Å². The van der Waals surface area contributed by atoms with E-state index in [0.717, 1.165) is 65.3 Å². The predicted molar refractivity (Wildman–Crippen MR) is 181 cm³/mol. The standard InChI is InChI=1S/C38H24N6/c39-22-21-27-18-17-24-9-8-12-26(23-24)37-40-36(25-10-2-1-3-11-25)41-38(42-37)44-33-16-7-5-14-29(33)31-20-19-30-28-13-4-6-15-32(28)43(27)34(30)35(31)44/h1-23,39H/b18-17?,27-21+,39-22?. The van der Waals surface area contributed by atoms with Crippen molar-refractivity contribution in [3.05, 3.63) is 133 Å². The highest BCUT2D eigenvalue weighted by molar-refractivity contribution is 6.23. The molecule has 0 fully saturated rings. The molecule has 9 rings (SSSR count). The van der Waals surface area contributed by atoms with Crippen LogP contribution in [0.1, 0.15) is 0 Å². The van der Waals surface area contributed by atoms with Gasteiger partial charge in [-0.3, -0.25) is 4.40 Å². The molecule has 6 heteroatoms. The van der Waals surface area contributed by atoms with Crippen LogP contribution in [0.3, 0.4) is 0 Å². The third-order valence-electron chi connectivity index (χ3n) is 8.43. The Morgan fingerprint density at radius 3 is 1.98 bits per heavy atom. The van der Waals surface area contributed by atoms with E-state index < -0.39 is 0 Å². The molecule has 206 valence electrons. The number of para-hydroxylation sites is 2. The Morgan fingerprint density at radius 2 is 1.23 bits per heavy atom. The number of benzene rings is 5. The fourth-order valence-corrected chi connectivity index (χ4v) is 6.54. The van der Waals surface area contributed by atoms with Gasteiger partial charge in [-0.25, -0.2) is 4.98 Å². The van der Waals surface area contributed by atoms with Gasteiger partial charge in [0.05, 0.1) is 22.1 Å². The van der Waals surface area contributed by atoms with Crippen LogP contribution in [0, 0.1) is 5.41 Å². The van der Waals surface area contributed by atoms with Crippen LogP contribution in [0.5, 0.6) is 0 Å². The van der Waals surface area contributed by atoms with Gasteiger partial charge < -0.3 is 9.81 Å². The summed E-state index contributed by atoms with van der Waals surface area (Å²) in [6, 6.07) is 43.8. The Balaban J connectivity index is 1.69. The highest BCUT2D eigenvalue weighted by Gasteiger charge is 2.18. The topological polar surface area (TPSA) is 71.3 Å². The maximum absolute atomic E-state index is 8.10. The number of nitrogens with zero attached hydrogens (tertiary/aromatic N) is 5. The quantitative estimate of drug-likeness (QED) is 0.216. The van der Waals surface area contributed by atoms with E-state index in [1.165, 1.54) is 6.21 Å². The number of hydrogen-bond acceptors (Lipinski definition) is 4. The predicted octanol–water partition coefficient (Wildman–Crippen LogP) is 8.08. The first-order valence-corrected chi connectivity index (χ1v) is 14.6. The van der Waals surface area contributed by atoms with Crippen molar-refractivity contribution in [2.45, 2.75) is 0 Å². The van der Waals surface area contributed by atoms with Crippen molar-refractivity contribution in [1.29, 1.82) is 5.41 Å². The van der Waals surface area contributed by atoms with Crippen molar-refractivity contribution in [3.63, 3.8) is 0 Å². The molecule has 44 heavy (non-hydrogen) atoms. The molecular weight excluding hydrogens is 540 g/mol. The summed E-state index contributed by atoms with van der Waals surface area (Å²) in [4.78, 5) is 15.3. The molecule has 0 radical (unpaired) electrons. The average Bonchev–Trinajstić information content (AvgIpc) is 3.60. The summed E-state index contributed by atoms with van der Waals surface area (Å²) < 4.78 is 4.46. The summed E-state index contributed by atoms with van der Waals surface area (Å²) in [5.41, 5.74) is 5.65. The van der Waals surface area contributed by atoms with Gasteiger partial charge in [0.2, 0.25) is 5.78 Å². The Labute approximate surface area is 251 Å². The van der Waals surface area contributed by atoms with Crippen molar-refractivity contribution >= 4 is 78.1 Å². The van der Waals surface area contributed by atoms with Gasteiger partial charge in [-0.1, -0.05) is 103 Å². The van der Waals surface area contributed by atoms with Crippen molar-refractivity contribution in [2.24, 2.45) is 0 Å². The van der Waals surface area contributed by atoms with Crippen LogP contribution in [0.2, 0.25) is 0 Å². The molecule has 0 saturated heterocycles. The molecule has 0 spiro atoms. The van der Waals surface area contributed by atoms with Crippen LogP contribution < -0.4 is 5.35 Å². The molecule has 0 aliphatic carbocycles. The fourth-order valence-electron chi connectivity index (χ4n) is 6.54. The smallest absolute Gasteiger partial charge is 0.238 e. The van der Waals surface area contributed by atoms with E-state index in [9.17, 15) is 0 Å². The summed E-state index contributed by atoms with van der Waals surface area (Å²) in [6.45, 7) is 0. The third-order valence-corrected chi connectivity index (χ3v) is 8.43. The normalized spacial score (nSPS) is 12.3. The second-order valence-corrected chi connectivity index (χ2v) is 10.9. The summed E-state index contributed by atoms with van der Waals surface area (Å²) in [7, 11) is 0. The Bertz CT molecular complexity index is 2740. The van der Waals surface area contributed by atoms with Crippen LogP contribution >= 0.6 is 0 Å². The van der Waals surface area contributed by atoms with E-state index in [2.05, 4.69) is 93.7 Å². The first-order valence-electron chi connectivity index (χ1n) is 14.6. The molecule has 4 bridgehead atoms. The molecule has 0 saturated carbocycles. The fraction of sp³-hybridized carbons (Fsp3) is 0. The molecule has 5 aromatic carbocycles. The summed E-state index contributed by atoms with van der Waals surface area (Å²) in [5, 5.41) is 15.4. The molecule has 0 atom stereocenters. The van der Waals surface area contributed by atoms with Gasteiger partial charge in [-0.05, 0) is 35.7 Å². The summed E-state index contributed by atoms with van der Waals surface area (Å²) in [6.07, 6.45) is 3.20. The molecule has 9 aromatic rings. The summed E-state index contributed by atoms with van der Waals surface area (Å²) >= 11 is 0. The lowest BCUT2D eigenvalue weighted by molar-refractivity contribution is 1.10. The minimum absolute atomic E-state index is 0.555. The van der Waals surface area contributed by atoms with E-state index in [0.29, 0.717) is 17.2 Å².